The summed E-state index contributed by atoms with van der Waals surface area (Å²) in [5.41, 5.74) is 4.14. The molecule has 1 aliphatic heterocycles. The van der Waals surface area contributed by atoms with E-state index in [2.05, 4.69) is 29.8 Å². The van der Waals surface area contributed by atoms with Gasteiger partial charge < -0.3 is 26.6 Å². The van der Waals surface area contributed by atoms with Crippen molar-refractivity contribution in [3.8, 4) is 0 Å². The average molecular weight is 725 g/mol. The second kappa shape index (κ2) is 16.3. The molecule has 3 rings (SSSR count). The molecule has 13 nitrogen and oxygen atoms in total. The van der Waals surface area contributed by atoms with Crippen LogP contribution in [0.1, 0.15) is 119 Å². The summed E-state index contributed by atoms with van der Waals surface area (Å²) >= 11 is 0. The Kier molecular flexibility index (Phi) is 13.6. The molecule has 50 heavy (non-hydrogen) atoms. The second-order valence-electron chi connectivity index (χ2n) is 17.2. The van der Waals surface area contributed by atoms with E-state index in [1.54, 1.807) is 4.90 Å². The lowest BCUT2D eigenvalue weighted by Gasteiger charge is -2.43. The Balaban J connectivity index is 1.98. The van der Waals surface area contributed by atoms with Gasteiger partial charge in [0.1, 0.15) is 12.1 Å². The summed E-state index contributed by atoms with van der Waals surface area (Å²) in [5, 5.41) is 8.81. The van der Waals surface area contributed by atoms with Crippen LogP contribution in [0.15, 0.2) is 0 Å². The highest BCUT2D eigenvalue weighted by atomic mass is 32.2. The normalized spacial score (nSPS) is 24.9. The molecule has 0 aromatic heterocycles. The zero-order chi connectivity index (χ0) is 37.8. The first-order chi connectivity index (χ1) is 23.0. The van der Waals surface area contributed by atoms with Crippen molar-refractivity contribution in [3.63, 3.8) is 0 Å². The molecule has 1 unspecified atom stereocenters. The van der Waals surface area contributed by atoms with E-state index in [-0.39, 0.29) is 36.1 Å². The van der Waals surface area contributed by atoms with Crippen LogP contribution in [0, 0.1) is 28.1 Å². The van der Waals surface area contributed by atoms with Gasteiger partial charge in [0.25, 0.3) is 5.91 Å². The number of fused-ring (bicyclic) bond motifs is 1. The molecular formula is C36H64N6O7S. The van der Waals surface area contributed by atoms with E-state index in [1.165, 1.54) is 11.4 Å². The van der Waals surface area contributed by atoms with Gasteiger partial charge in [-0.1, -0.05) is 87.0 Å². The molecule has 1 heterocycles. The van der Waals surface area contributed by atoms with Gasteiger partial charge in [0, 0.05) is 26.2 Å². The van der Waals surface area contributed by atoms with Gasteiger partial charge in [-0.25, -0.2) is 17.5 Å². The molecule has 0 spiro atoms. The predicted octanol–water partition coefficient (Wildman–Crippen LogP) is 3.31. The van der Waals surface area contributed by atoms with Crippen molar-refractivity contribution in [1.29, 1.82) is 0 Å². The van der Waals surface area contributed by atoms with Gasteiger partial charge in [-0.3, -0.25) is 19.2 Å². The lowest BCUT2D eigenvalue weighted by Crippen LogP contribution is -2.63. The van der Waals surface area contributed by atoms with Crippen molar-refractivity contribution >= 4 is 39.6 Å². The Morgan fingerprint density at radius 2 is 1.58 bits per heavy atom. The number of amides is 5. The van der Waals surface area contributed by atoms with Gasteiger partial charge in [0.15, 0.2) is 0 Å². The number of nitrogens with one attached hydrogen (secondary N) is 3. The van der Waals surface area contributed by atoms with Gasteiger partial charge in [0.2, 0.25) is 27.6 Å². The molecule has 2 saturated carbocycles. The highest BCUT2D eigenvalue weighted by molar-refractivity contribution is 7.88. The number of hydrogen-bond acceptors (Lipinski definition) is 7. The van der Waals surface area contributed by atoms with Crippen LogP contribution in [0.5, 0.6) is 0 Å². The SMILES string of the molecule is CCCCCC(NC(=O)[C@@H]1[C@H]2CCC(C)(C)[C@H]2CN1C(=O)[C@@H](NC(=O)N[C@H](CN(C)S(C)(=O)=O)C(C)(C)C)C1(C)CCCCC1)C(=O)C(N)=O. The van der Waals surface area contributed by atoms with E-state index < -0.39 is 68.6 Å². The molecule has 5 N–H and O–H groups in total. The summed E-state index contributed by atoms with van der Waals surface area (Å²) in [6.45, 7) is 14.4. The minimum atomic E-state index is -3.51. The number of nitrogens with two attached hydrogens (primary N) is 1. The molecule has 14 heteroatoms. The number of ketones is 1. The quantitative estimate of drug-likeness (QED) is 0.147. The van der Waals surface area contributed by atoms with Crippen LogP contribution < -0.4 is 21.7 Å². The maximum Gasteiger partial charge on any atom is 0.315 e. The van der Waals surface area contributed by atoms with E-state index in [9.17, 15) is 32.4 Å². The monoisotopic (exact) mass is 724 g/mol. The van der Waals surface area contributed by atoms with Crippen LogP contribution in [0.2, 0.25) is 0 Å². The molecule has 0 bridgehead atoms. The third kappa shape index (κ3) is 9.98. The minimum absolute atomic E-state index is 0.0259. The van der Waals surface area contributed by atoms with Crippen LogP contribution in [0.3, 0.4) is 0 Å². The zero-order valence-corrected chi connectivity index (χ0v) is 32.7. The summed E-state index contributed by atoms with van der Waals surface area (Å²) in [5.74, 6) is -2.91. The Morgan fingerprint density at radius 1 is 0.960 bits per heavy atom. The lowest BCUT2D eigenvalue weighted by atomic mass is 9.70. The van der Waals surface area contributed by atoms with Gasteiger partial charge in [0.05, 0.1) is 12.3 Å². The van der Waals surface area contributed by atoms with E-state index in [4.69, 9.17) is 5.73 Å². The predicted molar refractivity (Wildman–Crippen MR) is 193 cm³/mol. The zero-order valence-electron chi connectivity index (χ0n) is 31.9. The van der Waals surface area contributed by atoms with Crippen LogP contribution in [0.4, 0.5) is 4.79 Å². The summed E-state index contributed by atoms with van der Waals surface area (Å²) in [6, 6.07) is -4.07. The van der Waals surface area contributed by atoms with E-state index in [0.717, 1.165) is 51.2 Å². The lowest BCUT2D eigenvalue weighted by molar-refractivity contribution is -0.145. The average Bonchev–Trinajstić information content (AvgIpc) is 3.54. The molecular weight excluding hydrogens is 660 g/mol. The topological polar surface area (TPSA) is 188 Å². The smallest absolute Gasteiger partial charge is 0.315 e. The number of likely N-dealkylation sites (tertiary alicyclic amines) is 1. The molecule has 3 fully saturated rings. The number of unbranched alkanes of at least 4 members (excludes halogenated alkanes) is 2. The highest BCUT2D eigenvalue weighted by Crippen LogP contribution is 2.53. The van der Waals surface area contributed by atoms with Crippen molar-refractivity contribution in [2.45, 2.75) is 143 Å². The second-order valence-corrected chi connectivity index (χ2v) is 19.3. The maximum absolute atomic E-state index is 14.9. The Hall–Kier alpha value is -2.74. The van der Waals surface area contributed by atoms with Gasteiger partial charge in [-0.2, -0.15) is 0 Å². The van der Waals surface area contributed by atoms with Gasteiger partial charge in [-0.05, 0) is 60.2 Å². The molecule has 3 aliphatic rings. The van der Waals surface area contributed by atoms with Gasteiger partial charge in [-0.15, -0.1) is 0 Å². The molecule has 0 aromatic rings. The first-order valence-corrected chi connectivity index (χ1v) is 20.3. The number of likely N-dealkylation sites (N-methyl/N-ethyl adjacent to an activating group) is 1. The number of primary amides is 1. The first-order valence-electron chi connectivity index (χ1n) is 18.5. The number of urea groups is 1. The standard InChI is InChI=1S/C36H64N6O7S/c1-10-11-13-16-25(28(43)30(37)44)38-31(45)27-23-17-20-35(5,6)24(23)21-42(27)32(46)29(36(7)18-14-12-15-19-36)40-33(47)39-26(34(2,3)4)22-41(8)50(9,48)49/h23-27,29H,10-22H2,1-9H3,(H2,37,44)(H,38,45)(H2,39,40,47)/t23-,24-,25?,26+,27-,29+/m0/s1. The number of sulfonamides is 1. The fourth-order valence-electron chi connectivity index (χ4n) is 8.29. The van der Waals surface area contributed by atoms with Crippen molar-refractivity contribution in [2.75, 3.05) is 26.4 Å². The summed E-state index contributed by atoms with van der Waals surface area (Å²) in [4.78, 5) is 69.5. The summed E-state index contributed by atoms with van der Waals surface area (Å²) in [6.07, 6.45) is 9.55. The fraction of sp³-hybridized carbons (Fsp3) is 0.861. The molecule has 5 amide bonds. The maximum atomic E-state index is 14.9. The Morgan fingerprint density at radius 3 is 2.12 bits per heavy atom. The third-order valence-electron chi connectivity index (χ3n) is 11.9. The van der Waals surface area contributed by atoms with Crippen molar-refractivity contribution in [3.05, 3.63) is 0 Å². The largest absolute Gasteiger partial charge is 0.363 e. The molecule has 0 radical (unpaired) electrons. The van der Waals surface area contributed by atoms with Crippen LogP contribution in [0.25, 0.3) is 0 Å². The fourth-order valence-corrected chi connectivity index (χ4v) is 8.71. The van der Waals surface area contributed by atoms with Crippen molar-refractivity contribution in [2.24, 2.45) is 33.8 Å². The number of nitrogens with zero attached hydrogens (tertiary/aromatic N) is 2. The van der Waals surface area contributed by atoms with Crippen LogP contribution in [-0.4, -0.2) is 97.7 Å². The first kappa shape index (κ1) is 41.7. The summed E-state index contributed by atoms with van der Waals surface area (Å²) < 4.78 is 25.7. The minimum Gasteiger partial charge on any atom is -0.363 e. The van der Waals surface area contributed by atoms with Crippen LogP contribution in [-0.2, 0) is 29.2 Å². The number of rotatable bonds is 15. The highest BCUT2D eigenvalue weighted by Gasteiger charge is 2.58. The molecule has 6 atom stereocenters. The summed E-state index contributed by atoms with van der Waals surface area (Å²) in [7, 11) is -2.05. The van der Waals surface area contributed by atoms with Crippen molar-refractivity contribution in [1.82, 2.24) is 25.2 Å². The van der Waals surface area contributed by atoms with E-state index in [0.29, 0.717) is 25.8 Å². The number of hydrogen-bond donors (Lipinski definition) is 4. The van der Waals surface area contributed by atoms with Crippen LogP contribution >= 0.6 is 0 Å². The third-order valence-corrected chi connectivity index (χ3v) is 13.2. The molecule has 0 aromatic carbocycles. The van der Waals surface area contributed by atoms with Gasteiger partial charge >= 0.3 is 6.03 Å². The van der Waals surface area contributed by atoms with E-state index in [1.807, 2.05) is 34.6 Å². The molecule has 2 aliphatic carbocycles. The van der Waals surface area contributed by atoms with Crippen molar-refractivity contribution < 1.29 is 32.4 Å². The number of Topliss-reactive ketones (excluding diaryl/α,β-unsaturated/α-hetero) is 1. The number of carbonyl (C=O) groups excluding carboxylic acids is 5. The molecule has 1 saturated heterocycles. The van der Waals surface area contributed by atoms with E-state index >= 15 is 0 Å². The molecule has 286 valence electrons. The number of carbonyl (C=O) groups is 5. The Bertz CT molecular complexity index is 1370. The Labute approximate surface area is 300 Å².